The number of ether oxygens (including phenoxy) is 1. The number of likely N-dealkylation sites (tertiary alicyclic amines) is 1. The number of pyridine rings is 1. The van der Waals surface area contributed by atoms with Gasteiger partial charge in [0.15, 0.2) is 0 Å². The zero-order valence-corrected chi connectivity index (χ0v) is 15.1. The predicted octanol–water partition coefficient (Wildman–Crippen LogP) is 3.37. The average molecular weight is 352 g/mol. The fourth-order valence-corrected chi connectivity index (χ4v) is 3.82. The third-order valence-corrected chi connectivity index (χ3v) is 5.13. The number of nitrogens with zero attached hydrogens (tertiary/aromatic N) is 3. The van der Waals surface area contributed by atoms with Gasteiger partial charge in [-0.1, -0.05) is 11.6 Å². The molecule has 5 nitrogen and oxygen atoms in total. The van der Waals surface area contributed by atoms with Crippen molar-refractivity contribution in [3.05, 3.63) is 22.8 Å². The standard InChI is InChI=1S/C18H26ClN3O2/c1-2-24-15-6-10-21(11-7-15)17-16(19)12-14(13-20-17)18(23)22-8-4-3-5-9-22/h12-13,15H,2-11H2,1H3. The quantitative estimate of drug-likeness (QED) is 0.834. The first-order valence-electron chi connectivity index (χ1n) is 9.00. The Morgan fingerprint density at radius 2 is 1.96 bits per heavy atom. The Labute approximate surface area is 148 Å². The van der Waals surface area contributed by atoms with Crippen LogP contribution in [0.2, 0.25) is 5.02 Å². The number of hydrogen-bond donors (Lipinski definition) is 0. The first-order chi connectivity index (χ1) is 11.7. The van der Waals surface area contributed by atoms with Crippen LogP contribution in [-0.2, 0) is 4.74 Å². The molecule has 3 heterocycles. The van der Waals surface area contributed by atoms with Crippen LogP contribution in [0.3, 0.4) is 0 Å². The van der Waals surface area contributed by atoms with Crippen molar-refractivity contribution in [2.24, 2.45) is 0 Å². The Bertz CT molecular complexity index is 567. The fourth-order valence-electron chi connectivity index (χ4n) is 3.53. The molecule has 0 aliphatic carbocycles. The lowest BCUT2D eigenvalue weighted by atomic mass is 10.1. The van der Waals surface area contributed by atoms with Gasteiger partial charge in [0.05, 0.1) is 16.7 Å². The zero-order valence-electron chi connectivity index (χ0n) is 14.3. The summed E-state index contributed by atoms with van der Waals surface area (Å²) in [5, 5.41) is 0.563. The molecule has 2 saturated heterocycles. The second kappa shape index (κ2) is 8.17. The molecule has 0 spiro atoms. The van der Waals surface area contributed by atoms with Gasteiger partial charge < -0.3 is 14.5 Å². The molecule has 3 rings (SSSR count). The molecule has 0 aromatic carbocycles. The molecular weight excluding hydrogens is 326 g/mol. The maximum absolute atomic E-state index is 12.6. The summed E-state index contributed by atoms with van der Waals surface area (Å²) in [4.78, 5) is 21.1. The molecule has 0 radical (unpaired) electrons. The molecule has 1 amide bonds. The molecule has 0 N–H and O–H groups in total. The molecule has 0 bridgehead atoms. The van der Waals surface area contributed by atoms with Crippen LogP contribution in [0.25, 0.3) is 0 Å². The number of piperidine rings is 2. The molecule has 132 valence electrons. The molecule has 2 aliphatic rings. The second-order valence-electron chi connectivity index (χ2n) is 6.52. The van der Waals surface area contributed by atoms with E-state index in [9.17, 15) is 4.79 Å². The minimum absolute atomic E-state index is 0.0469. The van der Waals surface area contributed by atoms with Crippen LogP contribution in [0, 0.1) is 0 Å². The molecule has 2 aliphatic heterocycles. The smallest absolute Gasteiger partial charge is 0.255 e. The normalized spacial score (nSPS) is 19.6. The van der Waals surface area contributed by atoms with Gasteiger partial charge in [0.25, 0.3) is 5.91 Å². The Hall–Kier alpha value is -1.33. The second-order valence-corrected chi connectivity index (χ2v) is 6.93. The molecule has 0 saturated carbocycles. The maximum Gasteiger partial charge on any atom is 0.255 e. The number of amides is 1. The number of halogens is 1. The summed E-state index contributed by atoms with van der Waals surface area (Å²) in [7, 11) is 0. The lowest BCUT2D eigenvalue weighted by Gasteiger charge is -2.33. The van der Waals surface area contributed by atoms with Crippen molar-refractivity contribution < 1.29 is 9.53 Å². The van der Waals surface area contributed by atoms with E-state index < -0.39 is 0 Å². The largest absolute Gasteiger partial charge is 0.378 e. The van der Waals surface area contributed by atoms with E-state index in [0.29, 0.717) is 16.7 Å². The Morgan fingerprint density at radius 3 is 2.58 bits per heavy atom. The summed E-state index contributed by atoms with van der Waals surface area (Å²) in [6.45, 7) is 6.24. The molecule has 6 heteroatoms. The highest BCUT2D eigenvalue weighted by Crippen LogP contribution is 2.28. The monoisotopic (exact) mass is 351 g/mol. The molecule has 24 heavy (non-hydrogen) atoms. The van der Waals surface area contributed by atoms with E-state index in [1.807, 2.05) is 11.8 Å². The van der Waals surface area contributed by atoms with Crippen molar-refractivity contribution in [3.8, 4) is 0 Å². The Kier molecular flexibility index (Phi) is 5.95. The number of hydrogen-bond acceptors (Lipinski definition) is 4. The summed E-state index contributed by atoms with van der Waals surface area (Å²) in [6.07, 6.45) is 7.36. The van der Waals surface area contributed by atoms with Crippen LogP contribution >= 0.6 is 11.6 Å². The van der Waals surface area contributed by atoms with Crippen LogP contribution in [0.4, 0.5) is 5.82 Å². The van der Waals surface area contributed by atoms with Gasteiger partial charge in [-0.15, -0.1) is 0 Å². The van der Waals surface area contributed by atoms with Gasteiger partial charge in [0.1, 0.15) is 5.82 Å². The number of aromatic nitrogens is 1. The van der Waals surface area contributed by atoms with E-state index in [0.717, 1.165) is 64.3 Å². The lowest BCUT2D eigenvalue weighted by Crippen LogP contribution is -2.38. The summed E-state index contributed by atoms with van der Waals surface area (Å²) in [5.74, 6) is 0.826. The number of rotatable bonds is 4. The molecular formula is C18H26ClN3O2. The highest BCUT2D eigenvalue weighted by Gasteiger charge is 2.24. The SMILES string of the molecule is CCOC1CCN(c2ncc(C(=O)N3CCCCC3)cc2Cl)CC1. The van der Waals surface area contributed by atoms with Crippen molar-refractivity contribution in [1.29, 1.82) is 0 Å². The first kappa shape index (κ1) is 17.5. The molecule has 0 unspecified atom stereocenters. The first-order valence-corrected chi connectivity index (χ1v) is 9.38. The van der Waals surface area contributed by atoms with Gasteiger partial charge in [-0.25, -0.2) is 4.98 Å². The van der Waals surface area contributed by atoms with Crippen molar-refractivity contribution in [1.82, 2.24) is 9.88 Å². The van der Waals surface area contributed by atoms with Gasteiger partial charge in [0, 0.05) is 39.0 Å². The minimum Gasteiger partial charge on any atom is -0.378 e. The zero-order chi connectivity index (χ0) is 16.9. The van der Waals surface area contributed by atoms with E-state index >= 15 is 0 Å². The Morgan fingerprint density at radius 1 is 1.25 bits per heavy atom. The number of carbonyl (C=O) groups is 1. The van der Waals surface area contributed by atoms with E-state index in [1.54, 1.807) is 12.3 Å². The lowest BCUT2D eigenvalue weighted by molar-refractivity contribution is 0.0458. The van der Waals surface area contributed by atoms with Crippen LogP contribution in [0.1, 0.15) is 49.4 Å². The van der Waals surface area contributed by atoms with E-state index in [4.69, 9.17) is 16.3 Å². The molecule has 1 aromatic heterocycles. The Balaban J connectivity index is 1.65. The van der Waals surface area contributed by atoms with Crippen LogP contribution in [-0.4, -0.2) is 54.7 Å². The van der Waals surface area contributed by atoms with Crippen LogP contribution < -0.4 is 4.90 Å². The highest BCUT2D eigenvalue weighted by molar-refractivity contribution is 6.33. The van der Waals surface area contributed by atoms with E-state index in [-0.39, 0.29) is 5.91 Å². The van der Waals surface area contributed by atoms with E-state index in [2.05, 4.69) is 9.88 Å². The average Bonchev–Trinajstić information content (AvgIpc) is 2.63. The predicted molar refractivity (Wildman–Crippen MR) is 95.9 cm³/mol. The van der Waals surface area contributed by atoms with Gasteiger partial charge in [-0.2, -0.15) is 0 Å². The number of carbonyl (C=O) groups excluding carboxylic acids is 1. The van der Waals surface area contributed by atoms with Crippen LogP contribution in [0.5, 0.6) is 0 Å². The minimum atomic E-state index is 0.0469. The molecule has 1 aromatic rings. The molecule has 0 atom stereocenters. The third-order valence-electron chi connectivity index (χ3n) is 4.86. The van der Waals surface area contributed by atoms with Gasteiger partial charge >= 0.3 is 0 Å². The van der Waals surface area contributed by atoms with E-state index in [1.165, 1.54) is 6.42 Å². The van der Waals surface area contributed by atoms with Gasteiger partial charge in [0.2, 0.25) is 0 Å². The van der Waals surface area contributed by atoms with Crippen molar-refractivity contribution >= 4 is 23.3 Å². The summed E-state index contributed by atoms with van der Waals surface area (Å²) >= 11 is 6.44. The topological polar surface area (TPSA) is 45.7 Å². The van der Waals surface area contributed by atoms with Crippen molar-refractivity contribution in [3.63, 3.8) is 0 Å². The maximum atomic E-state index is 12.6. The third kappa shape index (κ3) is 4.01. The fraction of sp³-hybridized carbons (Fsp3) is 0.667. The van der Waals surface area contributed by atoms with Gasteiger partial charge in [-0.05, 0) is 45.1 Å². The summed E-state index contributed by atoms with van der Waals surface area (Å²) < 4.78 is 5.68. The molecule has 2 fully saturated rings. The van der Waals surface area contributed by atoms with Crippen molar-refractivity contribution in [2.75, 3.05) is 37.7 Å². The summed E-state index contributed by atoms with van der Waals surface area (Å²) in [6, 6.07) is 1.77. The highest BCUT2D eigenvalue weighted by atomic mass is 35.5. The van der Waals surface area contributed by atoms with Gasteiger partial charge in [-0.3, -0.25) is 4.79 Å². The van der Waals surface area contributed by atoms with Crippen LogP contribution in [0.15, 0.2) is 12.3 Å². The summed E-state index contributed by atoms with van der Waals surface area (Å²) in [5.41, 5.74) is 0.592. The number of anilines is 1. The van der Waals surface area contributed by atoms with Crippen molar-refractivity contribution in [2.45, 2.75) is 45.1 Å².